The smallest absolute Gasteiger partial charge is 0.243 e. The molecule has 5 aromatic rings. The standard InChI is InChI=1S/C34H34N7/c1-3-41(25-24-40-23-22-39(2)27-40)33-20-18-32(19-21-33)37-36-31-16-14-28(15-17-31)26-35-38-34(29-10-6-4-7-11-29)30-12-8-5-9-13-30/h4-23,26-27H,3,24-25H2,1-2H3/q+1/b35-26+,37-36+. The Morgan fingerprint density at radius 3 is 1.90 bits per heavy atom. The van der Waals surface area contributed by atoms with Crippen molar-refractivity contribution < 1.29 is 4.57 Å². The molecule has 0 fully saturated rings. The number of azo groups is 1. The molecule has 0 radical (unpaired) electrons. The second-order valence-electron chi connectivity index (χ2n) is 9.63. The first-order chi connectivity index (χ1) is 20.2. The van der Waals surface area contributed by atoms with Gasteiger partial charge in [-0.25, -0.2) is 9.13 Å². The normalized spacial score (nSPS) is 11.3. The summed E-state index contributed by atoms with van der Waals surface area (Å²) in [7, 11) is 2.04. The van der Waals surface area contributed by atoms with Crippen LogP contribution in [0.4, 0.5) is 17.1 Å². The van der Waals surface area contributed by atoms with E-state index in [1.54, 1.807) is 6.21 Å². The molecular weight excluding hydrogens is 506 g/mol. The van der Waals surface area contributed by atoms with E-state index in [-0.39, 0.29) is 0 Å². The number of hydrogen-bond donors (Lipinski definition) is 0. The van der Waals surface area contributed by atoms with Crippen LogP contribution < -0.4 is 9.47 Å². The highest BCUT2D eigenvalue weighted by Crippen LogP contribution is 2.22. The lowest BCUT2D eigenvalue weighted by molar-refractivity contribution is -0.693. The maximum atomic E-state index is 4.55. The largest absolute Gasteiger partial charge is 0.368 e. The molecular formula is C34H34N7+. The van der Waals surface area contributed by atoms with E-state index in [9.17, 15) is 0 Å². The molecule has 0 saturated heterocycles. The average Bonchev–Trinajstić information content (AvgIpc) is 3.45. The van der Waals surface area contributed by atoms with Crippen LogP contribution in [0.3, 0.4) is 0 Å². The lowest BCUT2D eigenvalue weighted by Crippen LogP contribution is -2.39. The van der Waals surface area contributed by atoms with Crippen LogP contribution in [0, 0.1) is 0 Å². The number of likely N-dealkylation sites (N-methyl/N-ethyl adjacent to an activating group) is 1. The van der Waals surface area contributed by atoms with Crippen LogP contribution in [0.25, 0.3) is 0 Å². The van der Waals surface area contributed by atoms with Crippen molar-refractivity contribution in [3.63, 3.8) is 0 Å². The van der Waals surface area contributed by atoms with Crippen LogP contribution in [-0.2, 0) is 13.6 Å². The Balaban J connectivity index is 1.20. The molecule has 0 aliphatic rings. The number of benzene rings is 4. The fraction of sp³-hybridized carbons (Fsp3) is 0.147. The first kappa shape index (κ1) is 27.4. The number of aryl methyl sites for hydroxylation is 1. The summed E-state index contributed by atoms with van der Waals surface area (Å²) in [6, 6.07) is 36.2. The first-order valence-corrected chi connectivity index (χ1v) is 13.8. The molecule has 0 bridgehead atoms. The van der Waals surface area contributed by atoms with Gasteiger partial charge in [-0.05, 0) is 48.9 Å². The number of anilines is 1. The van der Waals surface area contributed by atoms with Gasteiger partial charge in [-0.2, -0.15) is 15.3 Å². The Morgan fingerprint density at radius 2 is 1.37 bits per heavy atom. The second-order valence-corrected chi connectivity index (χ2v) is 9.63. The van der Waals surface area contributed by atoms with Gasteiger partial charge in [0.25, 0.3) is 0 Å². The zero-order valence-corrected chi connectivity index (χ0v) is 23.5. The minimum absolute atomic E-state index is 0.777. The topological polar surface area (TPSA) is 61.5 Å². The molecule has 1 aromatic heterocycles. The molecule has 0 amide bonds. The minimum Gasteiger partial charge on any atom is -0.368 e. The minimum atomic E-state index is 0.777. The predicted molar refractivity (Wildman–Crippen MR) is 167 cm³/mol. The zero-order chi connectivity index (χ0) is 28.3. The summed E-state index contributed by atoms with van der Waals surface area (Å²) in [5.74, 6) is 0. The lowest BCUT2D eigenvalue weighted by Gasteiger charge is -2.22. The highest BCUT2D eigenvalue weighted by molar-refractivity contribution is 6.12. The van der Waals surface area contributed by atoms with Gasteiger partial charge < -0.3 is 4.90 Å². The van der Waals surface area contributed by atoms with Gasteiger partial charge in [0.05, 0.1) is 31.2 Å². The Hall–Kier alpha value is -5.17. The van der Waals surface area contributed by atoms with E-state index in [0.717, 1.165) is 53.4 Å². The van der Waals surface area contributed by atoms with E-state index in [1.807, 2.05) is 104 Å². The summed E-state index contributed by atoms with van der Waals surface area (Å²) in [5.41, 5.74) is 6.58. The van der Waals surface area contributed by atoms with Crippen LogP contribution in [0.2, 0.25) is 0 Å². The maximum absolute atomic E-state index is 4.55. The molecule has 0 aliphatic carbocycles. The number of rotatable bonds is 11. The van der Waals surface area contributed by atoms with Crippen molar-refractivity contribution in [3.05, 3.63) is 145 Å². The van der Waals surface area contributed by atoms with Crippen molar-refractivity contribution in [1.82, 2.24) is 4.57 Å². The van der Waals surface area contributed by atoms with Crippen LogP contribution >= 0.6 is 0 Å². The van der Waals surface area contributed by atoms with E-state index >= 15 is 0 Å². The molecule has 5 rings (SSSR count). The van der Waals surface area contributed by atoms with Crippen LogP contribution in [-0.4, -0.2) is 29.6 Å². The van der Waals surface area contributed by atoms with Gasteiger partial charge >= 0.3 is 0 Å². The average molecular weight is 541 g/mol. The second kappa shape index (κ2) is 13.8. The van der Waals surface area contributed by atoms with E-state index in [2.05, 4.69) is 72.2 Å². The monoisotopic (exact) mass is 540 g/mol. The Morgan fingerprint density at radius 1 is 0.780 bits per heavy atom. The van der Waals surface area contributed by atoms with Crippen LogP contribution in [0.15, 0.2) is 148 Å². The molecule has 7 nitrogen and oxygen atoms in total. The zero-order valence-electron chi connectivity index (χ0n) is 23.5. The molecule has 0 unspecified atom stereocenters. The lowest BCUT2D eigenvalue weighted by atomic mass is 10.0. The van der Waals surface area contributed by atoms with Crippen molar-refractivity contribution >= 4 is 29.0 Å². The number of hydrogen-bond acceptors (Lipinski definition) is 5. The van der Waals surface area contributed by atoms with Gasteiger partial charge in [0, 0.05) is 23.4 Å². The molecule has 0 saturated carbocycles. The van der Waals surface area contributed by atoms with Gasteiger partial charge in [-0.15, -0.1) is 5.10 Å². The molecule has 0 aliphatic heterocycles. The predicted octanol–water partition coefficient (Wildman–Crippen LogP) is 7.13. The number of aromatic nitrogens is 2. The maximum Gasteiger partial charge on any atom is 0.243 e. The summed E-state index contributed by atoms with van der Waals surface area (Å²) >= 11 is 0. The summed E-state index contributed by atoms with van der Waals surface area (Å²) in [6.45, 7) is 4.99. The molecule has 41 heavy (non-hydrogen) atoms. The molecule has 1 heterocycles. The highest BCUT2D eigenvalue weighted by atomic mass is 15.2. The SMILES string of the molecule is CCN(CC[n+]1ccn(C)c1)c1ccc(/N=N/c2ccc(/C=N/N=C(c3ccccc3)c3ccccc3)cc2)cc1. The molecule has 204 valence electrons. The molecule has 0 atom stereocenters. The third-order valence-corrected chi connectivity index (χ3v) is 6.68. The third-order valence-electron chi connectivity index (χ3n) is 6.68. The molecule has 0 N–H and O–H groups in total. The van der Waals surface area contributed by atoms with Crippen LogP contribution in [0.5, 0.6) is 0 Å². The third kappa shape index (κ3) is 7.70. The first-order valence-electron chi connectivity index (χ1n) is 13.8. The van der Waals surface area contributed by atoms with Crippen molar-refractivity contribution in [2.24, 2.45) is 27.5 Å². The summed E-state index contributed by atoms with van der Waals surface area (Å²) in [6.07, 6.45) is 8.00. The van der Waals surface area contributed by atoms with Gasteiger partial charge in [0.2, 0.25) is 6.33 Å². The van der Waals surface area contributed by atoms with Crippen molar-refractivity contribution in [2.75, 3.05) is 18.0 Å². The summed E-state index contributed by atoms with van der Waals surface area (Å²) in [5, 5.41) is 17.8. The van der Waals surface area contributed by atoms with Gasteiger partial charge in [0.1, 0.15) is 24.7 Å². The quantitative estimate of drug-likeness (QED) is 0.0761. The van der Waals surface area contributed by atoms with Gasteiger partial charge in [-0.1, -0.05) is 72.8 Å². The fourth-order valence-electron chi connectivity index (χ4n) is 4.44. The number of nitrogens with zero attached hydrogens (tertiary/aromatic N) is 7. The summed E-state index contributed by atoms with van der Waals surface area (Å²) < 4.78 is 4.25. The Labute approximate surface area is 241 Å². The van der Waals surface area contributed by atoms with Gasteiger partial charge in [0.15, 0.2) is 0 Å². The molecule has 4 aromatic carbocycles. The number of imidazole rings is 1. The van der Waals surface area contributed by atoms with Crippen molar-refractivity contribution in [3.8, 4) is 0 Å². The molecule has 0 spiro atoms. The van der Waals surface area contributed by atoms with Crippen molar-refractivity contribution in [1.29, 1.82) is 0 Å². The van der Waals surface area contributed by atoms with E-state index < -0.39 is 0 Å². The van der Waals surface area contributed by atoms with E-state index in [1.165, 1.54) is 5.69 Å². The van der Waals surface area contributed by atoms with Crippen molar-refractivity contribution in [2.45, 2.75) is 13.5 Å². The Kier molecular flexibility index (Phi) is 9.19. The summed E-state index contributed by atoms with van der Waals surface area (Å²) in [4.78, 5) is 2.36. The van der Waals surface area contributed by atoms with E-state index in [4.69, 9.17) is 0 Å². The highest BCUT2D eigenvalue weighted by Gasteiger charge is 2.08. The fourth-order valence-corrected chi connectivity index (χ4v) is 4.44. The van der Waals surface area contributed by atoms with Crippen LogP contribution in [0.1, 0.15) is 23.6 Å². The van der Waals surface area contributed by atoms with E-state index in [0.29, 0.717) is 0 Å². The molecule has 7 heteroatoms. The van der Waals surface area contributed by atoms with Gasteiger partial charge in [-0.3, -0.25) is 0 Å². The Bertz CT molecular complexity index is 1560.